The Balaban J connectivity index is 1.75. The topological polar surface area (TPSA) is 64.4 Å². The maximum Gasteiger partial charge on any atom is 0.269 e. The lowest BCUT2D eigenvalue weighted by atomic mass is 9.81. The van der Waals surface area contributed by atoms with Crippen LogP contribution in [0.3, 0.4) is 0 Å². The third-order valence-electron chi connectivity index (χ3n) is 4.54. The molecule has 0 spiro atoms. The number of hydrogen-bond acceptors (Lipinski definition) is 4. The monoisotopic (exact) mass is 276 g/mol. The minimum absolute atomic E-state index is 0.152. The Morgan fingerprint density at radius 3 is 2.95 bits per heavy atom. The summed E-state index contributed by atoms with van der Waals surface area (Å²) in [5.74, 6) is 0.582. The van der Waals surface area contributed by atoms with Crippen molar-refractivity contribution in [1.29, 1.82) is 0 Å². The second-order valence-electron chi connectivity index (χ2n) is 5.80. The number of aryl methyl sites for hydroxylation is 1. The van der Waals surface area contributed by atoms with E-state index in [2.05, 4.69) is 5.32 Å². The quantitative estimate of drug-likeness (QED) is 0.679. The third kappa shape index (κ3) is 2.50. The van der Waals surface area contributed by atoms with Gasteiger partial charge in [0.2, 0.25) is 0 Å². The number of fused-ring (bicyclic) bond motifs is 1. The summed E-state index contributed by atoms with van der Waals surface area (Å²) in [6, 6.07) is 5.46. The summed E-state index contributed by atoms with van der Waals surface area (Å²) < 4.78 is 5.78. The van der Waals surface area contributed by atoms with Crippen molar-refractivity contribution < 1.29 is 9.66 Å². The molecular weight excluding hydrogens is 256 g/mol. The molecule has 1 aliphatic heterocycles. The SMILES string of the molecule is Cc1cc([N+](=O)[O-])ccc1NC1CCCC2OCCC12. The van der Waals surface area contributed by atoms with Gasteiger partial charge >= 0.3 is 0 Å². The van der Waals surface area contributed by atoms with Gasteiger partial charge in [0, 0.05) is 36.4 Å². The summed E-state index contributed by atoms with van der Waals surface area (Å²) in [5, 5.41) is 14.4. The largest absolute Gasteiger partial charge is 0.382 e. The number of nitrogens with zero attached hydrogens (tertiary/aromatic N) is 1. The Hall–Kier alpha value is -1.62. The minimum Gasteiger partial charge on any atom is -0.382 e. The fraction of sp³-hybridized carbons (Fsp3) is 0.600. The van der Waals surface area contributed by atoms with Crippen LogP contribution in [0.1, 0.15) is 31.2 Å². The molecule has 1 aliphatic carbocycles. The van der Waals surface area contributed by atoms with Gasteiger partial charge in [0.25, 0.3) is 5.69 Å². The molecule has 2 aliphatic rings. The number of benzene rings is 1. The summed E-state index contributed by atoms with van der Waals surface area (Å²) >= 11 is 0. The fourth-order valence-electron chi connectivity index (χ4n) is 3.48. The molecule has 3 atom stereocenters. The number of hydrogen-bond donors (Lipinski definition) is 1. The molecule has 0 aromatic heterocycles. The second kappa shape index (κ2) is 5.40. The van der Waals surface area contributed by atoms with E-state index in [1.165, 1.54) is 12.8 Å². The van der Waals surface area contributed by atoms with Crippen LogP contribution >= 0.6 is 0 Å². The summed E-state index contributed by atoms with van der Waals surface area (Å²) in [4.78, 5) is 10.4. The zero-order chi connectivity index (χ0) is 14.1. The van der Waals surface area contributed by atoms with E-state index in [1.807, 2.05) is 13.0 Å². The zero-order valence-corrected chi connectivity index (χ0v) is 11.7. The van der Waals surface area contributed by atoms with E-state index >= 15 is 0 Å². The molecule has 1 N–H and O–H groups in total. The number of ether oxygens (including phenoxy) is 1. The molecule has 1 saturated heterocycles. The first-order chi connectivity index (χ1) is 9.65. The van der Waals surface area contributed by atoms with E-state index in [0.717, 1.165) is 30.7 Å². The molecule has 5 nitrogen and oxygen atoms in total. The number of nitrogens with one attached hydrogen (secondary N) is 1. The van der Waals surface area contributed by atoms with Gasteiger partial charge in [0.05, 0.1) is 11.0 Å². The van der Waals surface area contributed by atoms with Crippen molar-refractivity contribution in [3.63, 3.8) is 0 Å². The first-order valence-corrected chi connectivity index (χ1v) is 7.28. The summed E-state index contributed by atoms with van der Waals surface area (Å²) in [5.41, 5.74) is 2.09. The molecule has 0 amide bonds. The van der Waals surface area contributed by atoms with Crippen LogP contribution in [0, 0.1) is 23.0 Å². The van der Waals surface area contributed by atoms with E-state index < -0.39 is 0 Å². The van der Waals surface area contributed by atoms with Crippen LogP contribution in [-0.4, -0.2) is 23.7 Å². The van der Waals surface area contributed by atoms with Gasteiger partial charge < -0.3 is 10.1 Å². The minimum atomic E-state index is -0.349. The van der Waals surface area contributed by atoms with E-state index in [1.54, 1.807) is 12.1 Å². The molecule has 2 fully saturated rings. The smallest absolute Gasteiger partial charge is 0.269 e. The van der Waals surface area contributed by atoms with Gasteiger partial charge in [-0.3, -0.25) is 10.1 Å². The number of nitro groups is 1. The van der Waals surface area contributed by atoms with Gasteiger partial charge in [-0.05, 0) is 44.2 Å². The number of non-ortho nitro benzene ring substituents is 1. The average Bonchev–Trinajstić information content (AvgIpc) is 2.90. The second-order valence-corrected chi connectivity index (χ2v) is 5.80. The van der Waals surface area contributed by atoms with Crippen LogP contribution < -0.4 is 5.32 Å². The number of nitro benzene ring substituents is 1. The third-order valence-corrected chi connectivity index (χ3v) is 4.54. The van der Waals surface area contributed by atoms with Gasteiger partial charge in [-0.2, -0.15) is 0 Å². The molecule has 0 radical (unpaired) electrons. The Morgan fingerprint density at radius 1 is 1.35 bits per heavy atom. The summed E-state index contributed by atoms with van der Waals surface area (Å²) in [6.07, 6.45) is 5.03. The normalized spacial score (nSPS) is 28.9. The lowest BCUT2D eigenvalue weighted by Gasteiger charge is -2.34. The highest BCUT2D eigenvalue weighted by Crippen LogP contribution is 2.36. The van der Waals surface area contributed by atoms with Crippen molar-refractivity contribution in [2.75, 3.05) is 11.9 Å². The van der Waals surface area contributed by atoms with E-state index in [4.69, 9.17) is 4.74 Å². The summed E-state index contributed by atoms with van der Waals surface area (Å²) in [6.45, 7) is 2.79. The Labute approximate surface area is 118 Å². The predicted molar refractivity (Wildman–Crippen MR) is 76.9 cm³/mol. The van der Waals surface area contributed by atoms with Gasteiger partial charge in [-0.1, -0.05) is 0 Å². The van der Waals surface area contributed by atoms with Crippen molar-refractivity contribution in [3.8, 4) is 0 Å². The van der Waals surface area contributed by atoms with Crippen LogP contribution in [0.5, 0.6) is 0 Å². The molecule has 3 rings (SSSR count). The molecule has 1 aromatic rings. The van der Waals surface area contributed by atoms with Crippen molar-refractivity contribution >= 4 is 11.4 Å². The van der Waals surface area contributed by atoms with Gasteiger partial charge in [-0.25, -0.2) is 0 Å². The fourth-order valence-corrected chi connectivity index (χ4v) is 3.48. The molecule has 3 unspecified atom stereocenters. The lowest BCUT2D eigenvalue weighted by Crippen LogP contribution is -2.38. The van der Waals surface area contributed by atoms with Gasteiger partial charge in [-0.15, -0.1) is 0 Å². The van der Waals surface area contributed by atoms with Crippen molar-refractivity contribution in [2.45, 2.75) is 44.8 Å². The van der Waals surface area contributed by atoms with E-state index in [0.29, 0.717) is 18.1 Å². The first kappa shape index (κ1) is 13.4. The molecule has 1 heterocycles. The highest BCUT2D eigenvalue weighted by atomic mass is 16.6. The van der Waals surface area contributed by atoms with Crippen LogP contribution in [0.25, 0.3) is 0 Å². The Morgan fingerprint density at radius 2 is 2.20 bits per heavy atom. The number of anilines is 1. The van der Waals surface area contributed by atoms with Crippen molar-refractivity contribution in [1.82, 2.24) is 0 Å². The van der Waals surface area contributed by atoms with Gasteiger partial charge in [0.1, 0.15) is 0 Å². The first-order valence-electron chi connectivity index (χ1n) is 7.28. The van der Waals surface area contributed by atoms with Crippen molar-refractivity contribution in [3.05, 3.63) is 33.9 Å². The van der Waals surface area contributed by atoms with Crippen LogP contribution in [0.2, 0.25) is 0 Å². The van der Waals surface area contributed by atoms with Crippen molar-refractivity contribution in [2.24, 2.45) is 5.92 Å². The molecule has 5 heteroatoms. The maximum absolute atomic E-state index is 10.8. The molecule has 0 bridgehead atoms. The Bertz CT molecular complexity index is 518. The molecular formula is C15H20N2O3. The number of rotatable bonds is 3. The van der Waals surface area contributed by atoms with Crippen LogP contribution in [0.15, 0.2) is 18.2 Å². The Kier molecular flexibility index (Phi) is 3.61. The van der Waals surface area contributed by atoms with E-state index in [-0.39, 0.29) is 10.6 Å². The maximum atomic E-state index is 10.8. The van der Waals surface area contributed by atoms with Gasteiger partial charge in [0.15, 0.2) is 0 Å². The average molecular weight is 276 g/mol. The standard InChI is InChI=1S/C15H20N2O3/c1-10-9-11(17(18)19)5-6-13(10)16-14-3-2-4-15-12(14)7-8-20-15/h5-6,9,12,14-16H,2-4,7-8H2,1H3. The highest BCUT2D eigenvalue weighted by Gasteiger charge is 2.37. The zero-order valence-electron chi connectivity index (χ0n) is 11.7. The van der Waals surface area contributed by atoms with Crippen LogP contribution in [-0.2, 0) is 4.74 Å². The van der Waals surface area contributed by atoms with E-state index in [9.17, 15) is 10.1 Å². The summed E-state index contributed by atoms with van der Waals surface area (Å²) in [7, 11) is 0. The molecule has 1 aromatic carbocycles. The van der Waals surface area contributed by atoms with Crippen LogP contribution in [0.4, 0.5) is 11.4 Å². The molecule has 20 heavy (non-hydrogen) atoms. The molecule has 108 valence electrons. The lowest BCUT2D eigenvalue weighted by molar-refractivity contribution is -0.384. The predicted octanol–water partition coefficient (Wildman–Crippen LogP) is 3.27. The highest BCUT2D eigenvalue weighted by molar-refractivity contribution is 5.56. The molecule has 1 saturated carbocycles.